The van der Waals surface area contributed by atoms with E-state index in [0.717, 1.165) is 30.4 Å². The van der Waals surface area contributed by atoms with Gasteiger partial charge in [-0.25, -0.2) is 0 Å². The number of carbonyl (C=O) groups excluding carboxylic acids is 2. The maximum absolute atomic E-state index is 12.4. The number of benzene rings is 1. The number of amides is 2. The minimum Gasteiger partial charge on any atom is -0.459 e. The fraction of sp³-hybridized carbons (Fsp3) is 0.400. The first-order valence-corrected chi connectivity index (χ1v) is 9.21. The summed E-state index contributed by atoms with van der Waals surface area (Å²) in [5.41, 5.74) is 1.85. The summed E-state index contributed by atoms with van der Waals surface area (Å²) < 4.78 is 34.2. The number of hydrogen-bond donors (Lipinski definition) is 2. The standard InChI is InChI=1S/C20H22F2N2O4/c21-20(22)28-14-8-9-15-13(12-14)4-1-5-16(15)24-18(25)7-2-10-23-19(26)17-6-3-11-27-17/h3,6,8-9,11-12,16,20H,1-2,4-5,7,10H2,(H,23,26)(H,24,25). The van der Waals surface area contributed by atoms with Crippen molar-refractivity contribution in [2.75, 3.05) is 6.54 Å². The lowest BCUT2D eigenvalue weighted by atomic mass is 9.87. The first-order chi connectivity index (χ1) is 13.5. The van der Waals surface area contributed by atoms with Crippen molar-refractivity contribution >= 4 is 11.8 Å². The second-order valence-electron chi connectivity index (χ2n) is 6.59. The molecule has 150 valence electrons. The molecule has 28 heavy (non-hydrogen) atoms. The second kappa shape index (κ2) is 9.34. The van der Waals surface area contributed by atoms with Gasteiger partial charge in [0, 0.05) is 13.0 Å². The van der Waals surface area contributed by atoms with E-state index in [1.165, 1.54) is 12.3 Å². The predicted octanol–water partition coefficient (Wildman–Crippen LogP) is 3.58. The predicted molar refractivity (Wildman–Crippen MR) is 97.2 cm³/mol. The average Bonchev–Trinajstić information content (AvgIpc) is 3.19. The molecule has 1 aliphatic carbocycles. The first kappa shape index (κ1) is 19.9. The fourth-order valence-electron chi connectivity index (χ4n) is 3.33. The molecule has 1 atom stereocenters. The van der Waals surface area contributed by atoms with E-state index in [-0.39, 0.29) is 35.8 Å². The smallest absolute Gasteiger partial charge is 0.387 e. The minimum atomic E-state index is -2.86. The van der Waals surface area contributed by atoms with Crippen molar-refractivity contribution in [3.63, 3.8) is 0 Å². The number of nitrogens with one attached hydrogen (secondary N) is 2. The van der Waals surface area contributed by atoms with E-state index < -0.39 is 6.61 Å². The summed E-state index contributed by atoms with van der Waals surface area (Å²) in [5.74, 6) is -0.0575. The molecule has 0 bridgehead atoms. The third kappa shape index (κ3) is 5.31. The number of fused-ring (bicyclic) bond motifs is 1. The van der Waals surface area contributed by atoms with E-state index in [4.69, 9.17) is 4.42 Å². The van der Waals surface area contributed by atoms with Crippen LogP contribution in [0.5, 0.6) is 5.75 Å². The molecule has 1 aromatic carbocycles. The summed E-state index contributed by atoms with van der Waals surface area (Å²) in [7, 11) is 0. The Morgan fingerprint density at radius 1 is 1.29 bits per heavy atom. The molecule has 6 nitrogen and oxygen atoms in total. The van der Waals surface area contributed by atoms with Crippen molar-refractivity contribution < 1.29 is 27.5 Å². The SMILES string of the molecule is O=C(CCCNC(=O)c1ccco1)NC1CCCc2cc(OC(F)F)ccc21. The summed E-state index contributed by atoms with van der Waals surface area (Å²) in [5, 5.41) is 5.69. The normalized spacial score (nSPS) is 15.8. The first-order valence-electron chi connectivity index (χ1n) is 9.21. The van der Waals surface area contributed by atoms with Crippen molar-refractivity contribution in [1.29, 1.82) is 0 Å². The maximum Gasteiger partial charge on any atom is 0.387 e. The van der Waals surface area contributed by atoms with E-state index in [9.17, 15) is 18.4 Å². The Morgan fingerprint density at radius 2 is 2.14 bits per heavy atom. The molecule has 2 aromatic rings. The van der Waals surface area contributed by atoms with E-state index >= 15 is 0 Å². The van der Waals surface area contributed by atoms with Gasteiger partial charge in [0.05, 0.1) is 12.3 Å². The van der Waals surface area contributed by atoms with Crippen LogP contribution in [0.15, 0.2) is 41.0 Å². The van der Waals surface area contributed by atoms with Crippen molar-refractivity contribution in [3.05, 3.63) is 53.5 Å². The Hall–Kier alpha value is -2.90. The molecule has 0 fully saturated rings. The highest BCUT2D eigenvalue weighted by molar-refractivity contribution is 5.91. The molecular formula is C20H22F2N2O4. The minimum absolute atomic E-state index is 0.113. The molecule has 1 aliphatic rings. The lowest BCUT2D eigenvalue weighted by molar-refractivity contribution is -0.122. The van der Waals surface area contributed by atoms with Crippen LogP contribution < -0.4 is 15.4 Å². The van der Waals surface area contributed by atoms with E-state index in [2.05, 4.69) is 15.4 Å². The summed E-state index contributed by atoms with van der Waals surface area (Å²) in [6.45, 7) is -2.49. The van der Waals surface area contributed by atoms with Crippen LogP contribution in [0, 0.1) is 0 Å². The maximum atomic E-state index is 12.4. The van der Waals surface area contributed by atoms with Gasteiger partial charge in [0.25, 0.3) is 5.91 Å². The second-order valence-corrected chi connectivity index (χ2v) is 6.59. The molecule has 0 saturated heterocycles. The van der Waals surface area contributed by atoms with Gasteiger partial charge in [0.1, 0.15) is 5.75 Å². The third-order valence-corrected chi connectivity index (χ3v) is 4.60. The molecule has 2 amide bonds. The number of aryl methyl sites for hydroxylation is 1. The van der Waals surface area contributed by atoms with Gasteiger partial charge >= 0.3 is 6.61 Å². The van der Waals surface area contributed by atoms with Gasteiger partial charge in [0.15, 0.2) is 5.76 Å². The third-order valence-electron chi connectivity index (χ3n) is 4.60. The molecule has 1 unspecified atom stereocenters. The van der Waals surface area contributed by atoms with Crippen LogP contribution in [0.4, 0.5) is 8.78 Å². The van der Waals surface area contributed by atoms with Crippen molar-refractivity contribution in [2.24, 2.45) is 0 Å². The molecule has 3 rings (SSSR count). The average molecular weight is 392 g/mol. The van der Waals surface area contributed by atoms with Crippen LogP contribution in [0.25, 0.3) is 0 Å². The zero-order valence-electron chi connectivity index (χ0n) is 15.3. The molecular weight excluding hydrogens is 370 g/mol. The lowest BCUT2D eigenvalue weighted by Crippen LogP contribution is -2.32. The van der Waals surface area contributed by atoms with Crippen molar-refractivity contribution in [3.8, 4) is 5.75 Å². The van der Waals surface area contributed by atoms with Gasteiger partial charge < -0.3 is 19.8 Å². The topological polar surface area (TPSA) is 80.6 Å². The van der Waals surface area contributed by atoms with Crippen LogP contribution in [0.3, 0.4) is 0 Å². The summed E-state index contributed by atoms with van der Waals surface area (Å²) >= 11 is 0. The Balaban J connectivity index is 1.46. The number of ether oxygens (including phenoxy) is 1. The number of rotatable bonds is 8. The summed E-state index contributed by atoms with van der Waals surface area (Å²) in [4.78, 5) is 24.0. The number of furan rings is 1. The molecule has 0 aliphatic heterocycles. The highest BCUT2D eigenvalue weighted by Gasteiger charge is 2.22. The largest absolute Gasteiger partial charge is 0.459 e. The molecule has 0 saturated carbocycles. The zero-order valence-corrected chi connectivity index (χ0v) is 15.3. The molecule has 8 heteroatoms. The molecule has 1 heterocycles. The molecule has 0 spiro atoms. The van der Waals surface area contributed by atoms with Crippen LogP contribution in [-0.4, -0.2) is 25.0 Å². The summed E-state index contributed by atoms with van der Waals surface area (Å²) in [6, 6.07) is 7.91. The van der Waals surface area contributed by atoms with Crippen LogP contribution in [0.2, 0.25) is 0 Å². The highest BCUT2D eigenvalue weighted by Crippen LogP contribution is 2.32. The lowest BCUT2D eigenvalue weighted by Gasteiger charge is -2.27. The van der Waals surface area contributed by atoms with Gasteiger partial charge in [-0.2, -0.15) is 8.78 Å². The van der Waals surface area contributed by atoms with Crippen LogP contribution >= 0.6 is 0 Å². The monoisotopic (exact) mass is 392 g/mol. The summed E-state index contributed by atoms with van der Waals surface area (Å²) in [6.07, 6.45) is 4.61. The number of carbonyl (C=O) groups is 2. The number of halogens is 2. The van der Waals surface area contributed by atoms with E-state index in [1.54, 1.807) is 24.3 Å². The van der Waals surface area contributed by atoms with Gasteiger partial charge in [-0.15, -0.1) is 0 Å². The van der Waals surface area contributed by atoms with Gasteiger partial charge in [-0.3, -0.25) is 9.59 Å². The quantitative estimate of drug-likeness (QED) is 0.673. The Kier molecular flexibility index (Phi) is 6.62. The number of hydrogen-bond acceptors (Lipinski definition) is 4. The van der Waals surface area contributed by atoms with Crippen molar-refractivity contribution in [1.82, 2.24) is 10.6 Å². The van der Waals surface area contributed by atoms with Gasteiger partial charge in [-0.1, -0.05) is 6.07 Å². The van der Waals surface area contributed by atoms with Gasteiger partial charge in [-0.05, 0) is 61.1 Å². The Labute approximate surface area is 161 Å². The fourth-order valence-corrected chi connectivity index (χ4v) is 3.33. The van der Waals surface area contributed by atoms with E-state index in [0.29, 0.717) is 13.0 Å². The molecule has 1 aromatic heterocycles. The highest BCUT2D eigenvalue weighted by atomic mass is 19.3. The van der Waals surface area contributed by atoms with E-state index in [1.807, 2.05) is 0 Å². The molecule has 0 radical (unpaired) electrons. The Morgan fingerprint density at radius 3 is 2.89 bits per heavy atom. The zero-order chi connectivity index (χ0) is 19.9. The van der Waals surface area contributed by atoms with Crippen LogP contribution in [0.1, 0.15) is 53.4 Å². The number of alkyl halides is 2. The van der Waals surface area contributed by atoms with Crippen LogP contribution in [-0.2, 0) is 11.2 Å². The Bertz CT molecular complexity index is 809. The molecule has 2 N–H and O–H groups in total. The van der Waals surface area contributed by atoms with Crippen molar-refractivity contribution in [2.45, 2.75) is 44.8 Å². The van der Waals surface area contributed by atoms with Gasteiger partial charge in [0.2, 0.25) is 5.91 Å².